The largest absolute Gasteiger partial charge is 0.489 e. The van der Waals surface area contributed by atoms with Gasteiger partial charge < -0.3 is 4.74 Å². The monoisotopic (exact) mass is 498 g/mol. The van der Waals surface area contributed by atoms with Gasteiger partial charge in [0.05, 0.1) is 16.4 Å². The summed E-state index contributed by atoms with van der Waals surface area (Å²) in [5.41, 5.74) is 1.97. The van der Waals surface area contributed by atoms with E-state index >= 15 is 0 Å². The van der Waals surface area contributed by atoms with Crippen molar-refractivity contribution in [1.29, 1.82) is 0 Å². The van der Waals surface area contributed by atoms with Gasteiger partial charge in [-0.2, -0.15) is 0 Å². The van der Waals surface area contributed by atoms with E-state index in [4.69, 9.17) is 16.3 Å². The number of imide groups is 1. The third-order valence-electron chi connectivity index (χ3n) is 4.95. The molecule has 7 nitrogen and oxygen atoms in total. The Morgan fingerprint density at radius 3 is 2.41 bits per heavy atom. The van der Waals surface area contributed by atoms with Gasteiger partial charge in [0.2, 0.25) is 0 Å². The van der Waals surface area contributed by atoms with Crippen LogP contribution in [0, 0.1) is 15.9 Å². The molecule has 0 bridgehead atoms. The molecule has 1 aliphatic heterocycles. The molecule has 34 heavy (non-hydrogen) atoms. The van der Waals surface area contributed by atoms with Crippen LogP contribution in [0.15, 0.2) is 71.6 Å². The Kier molecular flexibility index (Phi) is 6.95. The van der Waals surface area contributed by atoms with E-state index in [1.807, 2.05) is 0 Å². The summed E-state index contributed by atoms with van der Waals surface area (Å²) in [4.78, 5) is 36.7. The SMILES string of the molecule is O=C1S/C(=C/c2ccc(OCc3ccc([N+](=O)[O-])cc3)cc2)C(=O)N1Cc1ccc(F)cc1Cl. The minimum Gasteiger partial charge on any atom is -0.489 e. The second-order valence-corrected chi connectivity index (χ2v) is 8.69. The molecule has 3 aromatic rings. The van der Waals surface area contributed by atoms with E-state index in [9.17, 15) is 24.1 Å². The Morgan fingerprint density at radius 1 is 1.06 bits per heavy atom. The van der Waals surface area contributed by atoms with Gasteiger partial charge in [0.15, 0.2) is 0 Å². The lowest BCUT2D eigenvalue weighted by molar-refractivity contribution is -0.384. The summed E-state index contributed by atoms with van der Waals surface area (Å²) >= 11 is 6.84. The third kappa shape index (κ3) is 5.44. The van der Waals surface area contributed by atoms with E-state index in [0.29, 0.717) is 16.9 Å². The zero-order valence-corrected chi connectivity index (χ0v) is 19.0. The van der Waals surface area contributed by atoms with Crippen molar-refractivity contribution in [2.45, 2.75) is 13.2 Å². The molecule has 0 unspecified atom stereocenters. The van der Waals surface area contributed by atoms with Gasteiger partial charge in [-0.1, -0.05) is 29.8 Å². The van der Waals surface area contributed by atoms with Crippen LogP contribution in [0.25, 0.3) is 6.08 Å². The number of nitro groups is 1. The number of thioether (sulfide) groups is 1. The molecule has 10 heteroatoms. The predicted octanol–water partition coefficient (Wildman–Crippen LogP) is 6.20. The number of amides is 2. The van der Waals surface area contributed by atoms with Crippen molar-refractivity contribution >= 4 is 46.3 Å². The highest BCUT2D eigenvalue weighted by atomic mass is 35.5. The molecule has 0 radical (unpaired) electrons. The quantitative estimate of drug-likeness (QED) is 0.219. The molecule has 4 rings (SSSR count). The number of benzene rings is 3. The van der Waals surface area contributed by atoms with Crippen LogP contribution < -0.4 is 4.74 Å². The second-order valence-electron chi connectivity index (χ2n) is 7.28. The molecular formula is C24H16ClFN2O5S. The number of carbonyl (C=O) groups is 2. The highest BCUT2D eigenvalue weighted by Gasteiger charge is 2.35. The van der Waals surface area contributed by atoms with Gasteiger partial charge in [0.1, 0.15) is 18.2 Å². The van der Waals surface area contributed by atoms with E-state index in [1.54, 1.807) is 42.5 Å². The zero-order chi connectivity index (χ0) is 24.2. The molecule has 0 spiro atoms. The van der Waals surface area contributed by atoms with Crippen LogP contribution >= 0.6 is 23.4 Å². The van der Waals surface area contributed by atoms with Crippen molar-refractivity contribution in [3.63, 3.8) is 0 Å². The van der Waals surface area contributed by atoms with Crippen LogP contribution in [0.4, 0.5) is 14.9 Å². The molecule has 1 fully saturated rings. The smallest absolute Gasteiger partial charge is 0.293 e. The maximum atomic E-state index is 13.2. The summed E-state index contributed by atoms with van der Waals surface area (Å²) < 4.78 is 18.9. The van der Waals surface area contributed by atoms with Gasteiger partial charge in [-0.25, -0.2) is 4.39 Å². The standard InChI is InChI=1S/C24H16ClFN2O5S/c25-21-12-18(26)6-5-17(21)13-27-23(29)22(34-24(27)30)11-15-3-9-20(10-4-15)33-14-16-1-7-19(8-2-16)28(31)32/h1-12H,13-14H2/b22-11+. The molecule has 0 aliphatic carbocycles. The van der Waals surface area contributed by atoms with Crippen molar-refractivity contribution in [2.24, 2.45) is 0 Å². The Hall–Kier alpha value is -3.69. The number of hydrogen-bond donors (Lipinski definition) is 0. The number of nitrogens with zero attached hydrogens (tertiary/aromatic N) is 2. The van der Waals surface area contributed by atoms with Crippen LogP contribution in [-0.4, -0.2) is 21.0 Å². The van der Waals surface area contributed by atoms with Gasteiger partial charge in [-0.15, -0.1) is 0 Å². The highest BCUT2D eigenvalue weighted by molar-refractivity contribution is 8.18. The van der Waals surface area contributed by atoms with Crippen molar-refractivity contribution in [3.8, 4) is 5.75 Å². The first-order valence-electron chi connectivity index (χ1n) is 9.95. The minimum atomic E-state index is -0.497. The van der Waals surface area contributed by atoms with Crippen molar-refractivity contribution in [3.05, 3.63) is 109 Å². The molecule has 1 aliphatic rings. The van der Waals surface area contributed by atoms with E-state index in [0.717, 1.165) is 28.3 Å². The normalized spacial score (nSPS) is 14.6. The number of carbonyl (C=O) groups excluding carboxylic acids is 2. The number of nitro benzene ring substituents is 1. The zero-order valence-electron chi connectivity index (χ0n) is 17.4. The maximum Gasteiger partial charge on any atom is 0.293 e. The molecule has 3 aromatic carbocycles. The van der Waals surface area contributed by atoms with E-state index in [-0.39, 0.29) is 28.8 Å². The maximum absolute atomic E-state index is 13.2. The fourth-order valence-corrected chi connectivity index (χ4v) is 4.21. The third-order valence-corrected chi connectivity index (χ3v) is 6.21. The summed E-state index contributed by atoms with van der Waals surface area (Å²) in [5.74, 6) is -0.369. The van der Waals surface area contributed by atoms with E-state index in [2.05, 4.69) is 0 Å². The molecule has 0 N–H and O–H groups in total. The van der Waals surface area contributed by atoms with Crippen LogP contribution in [0.2, 0.25) is 5.02 Å². The Bertz CT molecular complexity index is 1300. The van der Waals surface area contributed by atoms with Crippen LogP contribution in [0.3, 0.4) is 0 Å². The fraction of sp³-hybridized carbons (Fsp3) is 0.0833. The highest BCUT2D eigenvalue weighted by Crippen LogP contribution is 2.34. The lowest BCUT2D eigenvalue weighted by Crippen LogP contribution is -2.27. The summed E-state index contributed by atoms with van der Waals surface area (Å²) in [7, 11) is 0. The van der Waals surface area contributed by atoms with Crippen molar-refractivity contribution in [2.75, 3.05) is 0 Å². The first kappa shape index (κ1) is 23.5. The predicted molar refractivity (Wildman–Crippen MR) is 127 cm³/mol. The number of halogens is 2. The van der Waals surface area contributed by atoms with Crippen LogP contribution in [-0.2, 0) is 17.9 Å². The molecule has 0 atom stereocenters. The van der Waals surface area contributed by atoms with Crippen LogP contribution in [0.5, 0.6) is 5.75 Å². The topological polar surface area (TPSA) is 89.7 Å². The Morgan fingerprint density at radius 2 is 1.76 bits per heavy atom. The van der Waals surface area contributed by atoms with Crippen molar-refractivity contribution < 1.29 is 23.6 Å². The average Bonchev–Trinajstić information content (AvgIpc) is 3.07. The number of rotatable bonds is 7. The molecule has 0 aromatic heterocycles. The van der Waals surface area contributed by atoms with Gasteiger partial charge in [-0.3, -0.25) is 24.6 Å². The summed E-state index contributed by atoms with van der Waals surface area (Å²) in [6.07, 6.45) is 1.61. The molecule has 172 valence electrons. The van der Waals surface area contributed by atoms with E-state index in [1.165, 1.54) is 24.3 Å². The Labute approximate surface area is 202 Å². The molecule has 0 saturated carbocycles. The van der Waals surface area contributed by atoms with Gasteiger partial charge in [0.25, 0.3) is 16.8 Å². The molecule has 1 saturated heterocycles. The number of hydrogen-bond acceptors (Lipinski definition) is 6. The number of non-ortho nitro benzene ring substituents is 1. The van der Waals surface area contributed by atoms with E-state index < -0.39 is 21.9 Å². The second kappa shape index (κ2) is 10.1. The summed E-state index contributed by atoms with van der Waals surface area (Å²) in [6.45, 7) is 0.193. The number of ether oxygens (including phenoxy) is 1. The Balaban J connectivity index is 1.39. The van der Waals surface area contributed by atoms with Gasteiger partial charge in [-0.05, 0) is 70.9 Å². The lowest BCUT2D eigenvalue weighted by Gasteiger charge is -2.13. The lowest BCUT2D eigenvalue weighted by atomic mass is 10.2. The van der Waals surface area contributed by atoms with Gasteiger partial charge in [0, 0.05) is 17.2 Å². The first-order chi connectivity index (χ1) is 16.3. The molecule has 2 amide bonds. The molecule has 1 heterocycles. The fourth-order valence-electron chi connectivity index (χ4n) is 3.15. The van der Waals surface area contributed by atoms with Gasteiger partial charge >= 0.3 is 0 Å². The average molecular weight is 499 g/mol. The summed E-state index contributed by atoms with van der Waals surface area (Å²) in [6, 6.07) is 16.8. The molecular weight excluding hydrogens is 483 g/mol. The van der Waals surface area contributed by atoms with Crippen LogP contribution in [0.1, 0.15) is 16.7 Å². The first-order valence-corrected chi connectivity index (χ1v) is 11.1. The summed E-state index contributed by atoms with van der Waals surface area (Å²) in [5, 5.41) is 10.4. The minimum absolute atomic E-state index is 0.0123. The van der Waals surface area contributed by atoms with Crippen molar-refractivity contribution in [1.82, 2.24) is 4.90 Å².